The number of benzene rings is 1. The van der Waals surface area contributed by atoms with Crippen molar-refractivity contribution in [1.29, 1.82) is 0 Å². The molecule has 2 fully saturated rings. The van der Waals surface area contributed by atoms with Crippen molar-refractivity contribution in [3.63, 3.8) is 0 Å². The zero-order valence-corrected chi connectivity index (χ0v) is 15.7. The van der Waals surface area contributed by atoms with Crippen LogP contribution in [0.1, 0.15) is 49.7 Å². The lowest BCUT2D eigenvalue weighted by atomic mass is 9.81. The molecule has 0 atom stereocenters. The lowest BCUT2D eigenvalue weighted by Crippen LogP contribution is -2.34. The summed E-state index contributed by atoms with van der Waals surface area (Å²) in [5.74, 6) is -1.06. The third kappa shape index (κ3) is 6.04. The van der Waals surface area contributed by atoms with Gasteiger partial charge in [-0.05, 0) is 49.7 Å². The van der Waals surface area contributed by atoms with Crippen LogP contribution in [-0.4, -0.2) is 36.3 Å². The van der Waals surface area contributed by atoms with Gasteiger partial charge in [0.05, 0.1) is 18.6 Å². The van der Waals surface area contributed by atoms with Crippen LogP contribution in [0.3, 0.4) is 0 Å². The van der Waals surface area contributed by atoms with Crippen molar-refractivity contribution in [2.24, 2.45) is 11.8 Å². The number of carbonyl (C=O) groups excluding carboxylic acids is 1. The van der Waals surface area contributed by atoms with Crippen molar-refractivity contribution in [3.05, 3.63) is 35.4 Å². The molecule has 0 bridgehead atoms. The smallest absolute Gasteiger partial charge is 0.306 e. The van der Waals surface area contributed by atoms with Gasteiger partial charge in [0.1, 0.15) is 0 Å². The molecule has 0 aromatic heterocycles. The fraction of sp³-hybridized carbons (Fsp3) is 0.619. The first-order valence-corrected chi connectivity index (χ1v) is 9.89. The molecule has 0 unspecified atom stereocenters. The molecule has 6 nitrogen and oxygen atoms in total. The molecule has 1 saturated heterocycles. The van der Waals surface area contributed by atoms with Crippen molar-refractivity contribution < 1.29 is 24.2 Å². The normalized spacial score (nSPS) is 23.7. The number of amides is 1. The molecule has 2 N–H and O–H groups in total. The summed E-state index contributed by atoms with van der Waals surface area (Å²) < 4.78 is 11.3. The van der Waals surface area contributed by atoms with E-state index in [-0.39, 0.29) is 23.8 Å². The van der Waals surface area contributed by atoms with E-state index in [9.17, 15) is 9.59 Å². The summed E-state index contributed by atoms with van der Waals surface area (Å²) in [5, 5.41) is 12.0. The Morgan fingerprint density at radius 1 is 0.963 bits per heavy atom. The van der Waals surface area contributed by atoms with Gasteiger partial charge in [-0.1, -0.05) is 24.3 Å². The molecule has 1 aliphatic heterocycles. The highest BCUT2D eigenvalue weighted by Crippen LogP contribution is 2.29. The highest BCUT2D eigenvalue weighted by atomic mass is 16.5. The molecule has 1 aromatic rings. The van der Waals surface area contributed by atoms with Crippen molar-refractivity contribution >= 4 is 11.9 Å². The number of carboxylic acid groups (broad SMARTS) is 1. The minimum atomic E-state index is -0.741. The van der Waals surface area contributed by atoms with Gasteiger partial charge in [-0.25, -0.2) is 0 Å². The number of rotatable bonds is 7. The molecule has 1 heterocycles. The molecule has 1 aromatic carbocycles. The molecule has 2 aliphatic rings. The zero-order valence-electron chi connectivity index (χ0n) is 15.7. The average Bonchev–Trinajstić information content (AvgIpc) is 2.72. The van der Waals surface area contributed by atoms with Crippen LogP contribution in [0.5, 0.6) is 0 Å². The van der Waals surface area contributed by atoms with E-state index in [0.29, 0.717) is 38.8 Å². The SMILES string of the molecule is O=C(O)C1CCC(C(=O)NCc2ccc(COC3CCOCC3)cc2)CC1. The van der Waals surface area contributed by atoms with E-state index in [0.717, 1.165) is 37.2 Å². The molecule has 1 aliphatic carbocycles. The predicted molar refractivity (Wildman–Crippen MR) is 100 cm³/mol. The van der Waals surface area contributed by atoms with E-state index in [4.69, 9.17) is 14.6 Å². The Hall–Kier alpha value is -1.92. The Morgan fingerprint density at radius 2 is 1.56 bits per heavy atom. The van der Waals surface area contributed by atoms with Crippen LogP contribution in [-0.2, 0) is 32.2 Å². The number of ether oxygens (including phenoxy) is 2. The van der Waals surface area contributed by atoms with Gasteiger partial charge in [0.2, 0.25) is 5.91 Å². The van der Waals surface area contributed by atoms with Gasteiger partial charge in [0, 0.05) is 25.7 Å². The van der Waals surface area contributed by atoms with E-state index in [1.165, 1.54) is 0 Å². The molecule has 1 saturated carbocycles. The summed E-state index contributed by atoms with van der Waals surface area (Å²) in [6.07, 6.45) is 4.70. The van der Waals surface area contributed by atoms with Gasteiger partial charge in [0.15, 0.2) is 0 Å². The minimum absolute atomic E-state index is 0.0331. The molecule has 6 heteroatoms. The van der Waals surface area contributed by atoms with Crippen molar-refractivity contribution in [3.8, 4) is 0 Å². The van der Waals surface area contributed by atoms with Gasteiger partial charge in [0.25, 0.3) is 0 Å². The monoisotopic (exact) mass is 375 g/mol. The molecular weight excluding hydrogens is 346 g/mol. The van der Waals surface area contributed by atoms with Gasteiger partial charge < -0.3 is 19.9 Å². The van der Waals surface area contributed by atoms with E-state index in [1.807, 2.05) is 24.3 Å². The quantitative estimate of drug-likeness (QED) is 0.765. The Labute approximate surface area is 160 Å². The summed E-state index contributed by atoms with van der Waals surface area (Å²) in [7, 11) is 0. The highest BCUT2D eigenvalue weighted by Gasteiger charge is 2.29. The maximum Gasteiger partial charge on any atom is 0.306 e. The number of carbonyl (C=O) groups is 2. The summed E-state index contributed by atoms with van der Waals surface area (Å²) in [4.78, 5) is 23.3. The Balaban J connectivity index is 1.38. The summed E-state index contributed by atoms with van der Waals surface area (Å²) in [6, 6.07) is 8.12. The second-order valence-electron chi connectivity index (χ2n) is 7.54. The second kappa shape index (κ2) is 9.85. The Morgan fingerprint density at radius 3 is 2.19 bits per heavy atom. The van der Waals surface area contributed by atoms with Gasteiger partial charge in [-0.2, -0.15) is 0 Å². The number of hydrogen-bond donors (Lipinski definition) is 2. The summed E-state index contributed by atoms with van der Waals surface area (Å²) in [6.45, 7) is 2.66. The predicted octanol–water partition coefficient (Wildman–Crippen LogP) is 2.89. The standard InChI is InChI=1S/C21H29NO5/c23-20(17-5-7-18(8-6-17)21(24)25)22-13-15-1-3-16(4-2-15)14-27-19-9-11-26-12-10-19/h1-4,17-19H,5-14H2,(H,22,23)(H,24,25). The van der Waals surface area contributed by atoms with Crippen molar-refractivity contribution in [1.82, 2.24) is 5.32 Å². The fourth-order valence-corrected chi connectivity index (χ4v) is 3.75. The maximum absolute atomic E-state index is 12.3. The number of aliphatic carboxylic acids is 1. The van der Waals surface area contributed by atoms with E-state index < -0.39 is 5.97 Å². The van der Waals surface area contributed by atoms with Crippen molar-refractivity contribution in [2.45, 2.75) is 57.8 Å². The lowest BCUT2D eigenvalue weighted by molar-refractivity contribution is -0.144. The molecule has 1 amide bonds. The number of hydrogen-bond acceptors (Lipinski definition) is 4. The number of carboxylic acids is 1. The molecule has 27 heavy (non-hydrogen) atoms. The van der Waals surface area contributed by atoms with Crippen LogP contribution in [0, 0.1) is 11.8 Å². The topological polar surface area (TPSA) is 84.9 Å². The van der Waals surface area contributed by atoms with Crippen LogP contribution in [0.25, 0.3) is 0 Å². The second-order valence-corrected chi connectivity index (χ2v) is 7.54. The first-order valence-electron chi connectivity index (χ1n) is 9.89. The molecular formula is C21H29NO5. The van der Waals surface area contributed by atoms with Crippen LogP contribution < -0.4 is 5.32 Å². The van der Waals surface area contributed by atoms with E-state index in [1.54, 1.807) is 0 Å². The van der Waals surface area contributed by atoms with Crippen LogP contribution in [0.2, 0.25) is 0 Å². The first kappa shape index (κ1) is 19.8. The summed E-state index contributed by atoms with van der Waals surface area (Å²) >= 11 is 0. The maximum atomic E-state index is 12.3. The zero-order chi connectivity index (χ0) is 19.1. The number of nitrogens with one attached hydrogen (secondary N) is 1. The van der Waals surface area contributed by atoms with Crippen LogP contribution in [0.15, 0.2) is 24.3 Å². The van der Waals surface area contributed by atoms with Gasteiger partial charge in [-0.15, -0.1) is 0 Å². The molecule has 148 valence electrons. The van der Waals surface area contributed by atoms with Gasteiger partial charge >= 0.3 is 5.97 Å². The first-order chi connectivity index (χ1) is 13.1. The van der Waals surface area contributed by atoms with Gasteiger partial charge in [-0.3, -0.25) is 9.59 Å². The average molecular weight is 375 g/mol. The largest absolute Gasteiger partial charge is 0.481 e. The highest BCUT2D eigenvalue weighted by molar-refractivity contribution is 5.79. The minimum Gasteiger partial charge on any atom is -0.481 e. The van der Waals surface area contributed by atoms with Crippen molar-refractivity contribution in [2.75, 3.05) is 13.2 Å². The van der Waals surface area contributed by atoms with Crippen LogP contribution in [0.4, 0.5) is 0 Å². The van der Waals surface area contributed by atoms with E-state index in [2.05, 4.69) is 5.32 Å². The lowest BCUT2D eigenvalue weighted by Gasteiger charge is -2.25. The molecule has 3 rings (SSSR count). The summed E-state index contributed by atoms with van der Waals surface area (Å²) in [5.41, 5.74) is 2.18. The van der Waals surface area contributed by atoms with E-state index >= 15 is 0 Å². The Kier molecular flexibility index (Phi) is 7.24. The molecule has 0 spiro atoms. The molecule has 0 radical (unpaired) electrons. The fourth-order valence-electron chi connectivity index (χ4n) is 3.75. The third-order valence-electron chi connectivity index (χ3n) is 5.59. The van der Waals surface area contributed by atoms with Crippen LogP contribution >= 0.6 is 0 Å². The third-order valence-corrected chi connectivity index (χ3v) is 5.59. The Bertz CT molecular complexity index is 616.